The van der Waals surface area contributed by atoms with E-state index < -0.39 is 0 Å². The number of hydrogen-bond acceptors (Lipinski definition) is 5. The molecule has 0 saturated heterocycles. The van der Waals surface area contributed by atoms with Gasteiger partial charge in [-0.25, -0.2) is 5.43 Å². The zero-order valence-corrected chi connectivity index (χ0v) is 10.4. The number of allylic oxidation sites excluding steroid dienone is 1. The fourth-order valence-electron chi connectivity index (χ4n) is 2.16. The van der Waals surface area contributed by atoms with Crippen LogP contribution in [0.4, 0.5) is 0 Å². The molecule has 1 heterocycles. The molecule has 88 valence electrons. The van der Waals surface area contributed by atoms with Crippen LogP contribution in [-0.4, -0.2) is 9.59 Å². The van der Waals surface area contributed by atoms with Gasteiger partial charge in [0.2, 0.25) is 0 Å². The summed E-state index contributed by atoms with van der Waals surface area (Å²) in [4.78, 5) is 1.18. The molecule has 0 saturated carbocycles. The minimum absolute atomic E-state index is 0.121. The molecule has 1 aliphatic carbocycles. The van der Waals surface area contributed by atoms with Gasteiger partial charge in [0.15, 0.2) is 0 Å². The van der Waals surface area contributed by atoms with E-state index >= 15 is 0 Å². The molecule has 0 spiro atoms. The summed E-state index contributed by atoms with van der Waals surface area (Å²) < 4.78 is 4.03. The third-order valence-corrected chi connectivity index (χ3v) is 3.88. The molecule has 1 aliphatic rings. The van der Waals surface area contributed by atoms with Crippen LogP contribution >= 0.6 is 11.5 Å². The molecule has 2 rings (SSSR count). The Labute approximate surface area is 100 Å². The zero-order valence-electron chi connectivity index (χ0n) is 9.57. The second kappa shape index (κ2) is 5.52. The van der Waals surface area contributed by atoms with E-state index in [1.807, 2.05) is 0 Å². The van der Waals surface area contributed by atoms with Gasteiger partial charge in [-0.2, -0.15) is 0 Å². The number of nitrogens with one attached hydrogen (secondary N) is 1. The van der Waals surface area contributed by atoms with Gasteiger partial charge in [-0.05, 0) is 43.6 Å². The van der Waals surface area contributed by atoms with E-state index in [-0.39, 0.29) is 6.04 Å². The van der Waals surface area contributed by atoms with Gasteiger partial charge in [0.05, 0.1) is 16.6 Å². The lowest BCUT2D eigenvalue weighted by Gasteiger charge is -2.21. The smallest absolute Gasteiger partial charge is 0.0804 e. The summed E-state index contributed by atoms with van der Waals surface area (Å²) in [5, 5.41) is 4.14. The average molecular weight is 238 g/mol. The molecule has 0 radical (unpaired) electrons. The largest absolute Gasteiger partial charge is 0.271 e. The molecule has 3 N–H and O–H groups in total. The first-order chi connectivity index (χ1) is 7.86. The number of aryl methyl sites for hydroxylation is 1. The van der Waals surface area contributed by atoms with E-state index in [0.717, 1.165) is 18.5 Å². The van der Waals surface area contributed by atoms with Gasteiger partial charge in [0, 0.05) is 0 Å². The molecular formula is C11H18N4S. The van der Waals surface area contributed by atoms with Gasteiger partial charge in [-0.1, -0.05) is 23.1 Å². The van der Waals surface area contributed by atoms with E-state index in [9.17, 15) is 0 Å². The van der Waals surface area contributed by atoms with Crippen molar-refractivity contribution in [3.05, 3.63) is 22.2 Å². The molecule has 0 bridgehead atoms. The van der Waals surface area contributed by atoms with Crippen LogP contribution < -0.4 is 11.3 Å². The number of rotatable bonds is 4. The van der Waals surface area contributed by atoms with Crippen molar-refractivity contribution >= 4 is 11.5 Å². The fraction of sp³-hybridized carbons (Fsp3) is 0.636. The lowest BCUT2D eigenvalue weighted by molar-refractivity contribution is 0.568. The highest BCUT2D eigenvalue weighted by atomic mass is 32.1. The van der Waals surface area contributed by atoms with Crippen molar-refractivity contribution in [1.29, 1.82) is 0 Å². The summed E-state index contributed by atoms with van der Waals surface area (Å²) in [5.41, 5.74) is 5.38. The van der Waals surface area contributed by atoms with Crippen molar-refractivity contribution in [3.63, 3.8) is 0 Å². The molecule has 0 aliphatic heterocycles. The first-order valence-corrected chi connectivity index (χ1v) is 6.60. The second-order valence-electron chi connectivity index (χ2n) is 4.06. The molecule has 5 heteroatoms. The third kappa shape index (κ3) is 2.31. The van der Waals surface area contributed by atoms with Crippen molar-refractivity contribution in [1.82, 2.24) is 15.0 Å². The molecule has 1 unspecified atom stereocenters. The van der Waals surface area contributed by atoms with Gasteiger partial charge < -0.3 is 0 Å². The molecule has 4 nitrogen and oxygen atoms in total. The summed E-state index contributed by atoms with van der Waals surface area (Å²) in [6.07, 6.45) is 8.08. The van der Waals surface area contributed by atoms with E-state index in [4.69, 9.17) is 5.84 Å². The number of aromatic nitrogens is 2. The minimum Gasteiger partial charge on any atom is -0.271 e. The van der Waals surface area contributed by atoms with Crippen molar-refractivity contribution in [2.45, 2.75) is 45.1 Å². The van der Waals surface area contributed by atoms with Crippen molar-refractivity contribution in [2.24, 2.45) is 5.84 Å². The quantitative estimate of drug-likeness (QED) is 0.479. The maximum absolute atomic E-state index is 5.68. The number of hydrazine groups is 1. The van der Waals surface area contributed by atoms with E-state index in [1.165, 1.54) is 41.2 Å². The second-order valence-corrected chi connectivity index (χ2v) is 4.85. The Balaban J connectivity index is 2.24. The molecule has 1 aromatic heterocycles. The number of nitrogens with zero attached hydrogens (tertiary/aromatic N) is 2. The van der Waals surface area contributed by atoms with Crippen LogP contribution in [0.3, 0.4) is 0 Å². The normalized spacial score (nSPS) is 18.2. The van der Waals surface area contributed by atoms with Crippen LogP contribution in [-0.2, 0) is 6.42 Å². The van der Waals surface area contributed by atoms with Crippen molar-refractivity contribution in [3.8, 4) is 0 Å². The van der Waals surface area contributed by atoms with Crippen LogP contribution in [0, 0.1) is 0 Å². The highest BCUT2D eigenvalue weighted by Gasteiger charge is 2.21. The summed E-state index contributed by atoms with van der Waals surface area (Å²) in [6, 6.07) is 0.121. The van der Waals surface area contributed by atoms with Crippen LogP contribution in [0.15, 0.2) is 11.6 Å². The SMILES string of the molecule is CCc1nnsc1C(NN)C1=CCCCC1. The molecule has 0 aromatic carbocycles. The Morgan fingerprint density at radius 1 is 1.56 bits per heavy atom. The average Bonchev–Trinajstić information content (AvgIpc) is 2.80. The van der Waals surface area contributed by atoms with Crippen molar-refractivity contribution in [2.75, 3.05) is 0 Å². The summed E-state index contributed by atoms with van der Waals surface area (Å²) >= 11 is 1.46. The molecule has 1 atom stereocenters. The maximum atomic E-state index is 5.68. The summed E-state index contributed by atoms with van der Waals surface area (Å²) in [5.74, 6) is 5.68. The highest BCUT2D eigenvalue weighted by molar-refractivity contribution is 7.05. The monoisotopic (exact) mass is 238 g/mol. The molecule has 16 heavy (non-hydrogen) atoms. The van der Waals surface area contributed by atoms with E-state index in [1.54, 1.807) is 0 Å². The molecular weight excluding hydrogens is 220 g/mol. The van der Waals surface area contributed by atoms with E-state index in [2.05, 4.69) is 28.0 Å². The standard InChI is InChI=1S/C11H18N4S/c1-2-9-11(16-15-14-9)10(13-12)8-6-4-3-5-7-8/h6,10,13H,2-5,7,12H2,1H3. The van der Waals surface area contributed by atoms with Gasteiger partial charge in [-0.3, -0.25) is 5.84 Å². The Morgan fingerprint density at radius 3 is 3.06 bits per heavy atom. The predicted octanol–water partition coefficient (Wildman–Crippen LogP) is 2.11. The summed E-state index contributed by atoms with van der Waals surface area (Å²) in [6.45, 7) is 2.10. The lowest BCUT2D eigenvalue weighted by atomic mass is 9.92. The molecule has 0 fully saturated rings. The van der Waals surface area contributed by atoms with Crippen LogP contribution in [0.25, 0.3) is 0 Å². The van der Waals surface area contributed by atoms with Crippen LogP contribution in [0.5, 0.6) is 0 Å². The first kappa shape index (κ1) is 11.7. The Morgan fingerprint density at radius 2 is 2.44 bits per heavy atom. The van der Waals surface area contributed by atoms with Gasteiger partial charge in [0.25, 0.3) is 0 Å². The topological polar surface area (TPSA) is 63.8 Å². The summed E-state index contributed by atoms with van der Waals surface area (Å²) in [7, 11) is 0. The predicted molar refractivity (Wildman–Crippen MR) is 65.9 cm³/mol. The minimum atomic E-state index is 0.121. The van der Waals surface area contributed by atoms with Crippen LogP contribution in [0.2, 0.25) is 0 Å². The zero-order chi connectivity index (χ0) is 11.4. The molecule has 1 aromatic rings. The third-order valence-electron chi connectivity index (χ3n) is 3.05. The first-order valence-electron chi connectivity index (χ1n) is 5.83. The van der Waals surface area contributed by atoms with Gasteiger partial charge in [-0.15, -0.1) is 5.10 Å². The van der Waals surface area contributed by atoms with Crippen molar-refractivity contribution < 1.29 is 0 Å². The molecule has 0 amide bonds. The number of nitrogens with two attached hydrogens (primary N) is 1. The van der Waals surface area contributed by atoms with Gasteiger partial charge in [0.1, 0.15) is 0 Å². The maximum Gasteiger partial charge on any atom is 0.0804 e. The Hall–Kier alpha value is -0.780. The van der Waals surface area contributed by atoms with E-state index in [0.29, 0.717) is 0 Å². The Bertz CT molecular complexity index is 372. The number of hydrogen-bond donors (Lipinski definition) is 2. The highest BCUT2D eigenvalue weighted by Crippen LogP contribution is 2.32. The van der Waals surface area contributed by atoms with Crippen LogP contribution in [0.1, 0.15) is 49.2 Å². The fourth-order valence-corrected chi connectivity index (χ4v) is 3.00. The van der Waals surface area contributed by atoms with Gasteiger partial charge >= 0.3 is 0 Å². The Kier molecular flexibility index (Phi) is 4.04. The lowest BCUT2D eigenvalue weighted by Crippen LogP contribution is -2.30.